The summed E-state index contributed by atoms with van der Waals surface area (Å²) in [5.74, 6) is 0.0885. The van der Waals surface area contributed by atoms with E-state index >= 15 is 0 Å². The first kappa shape index (κ1) is 9.54. The van der Waals surface area contributed by atoms with Gasteiger partial charge in [0.25, 0.3) is 0 Å². The number of hydrogen-bond acceptors (Lipinski definition) is 3. The van der Waals surface area contributed by atoms with E-state index in [2.05, 4.69) is 5.32 Å². The first-order chi connectivity index (χ1) is 7.81. The van der Waals surface area contributed by atoms with Gasteiger partial charge in [0, 0.05) is 12.1 Å². The van der Waals surface area contributed by atoms with Crippen LogP contribution in [0.5, 0.6) is 0 Å². The fourth-order valence-electron chi connectivity index (χ4n) is 2.57. The Labute approximate surface area is 93.2 Å². The minimum absolute atomic E-state index is 0.0512. The van der Waals surface area contributed by atoms with Crippen molar-refractivity contribution >= 4 is 17.9 Å². The number of hydrogen-bond donors (Lipinski definition) is 1. The van der Waals surface area contributed by atoms with Crippen LogP contribution in [0, 0.1) is 0 Å². The third kappa shape index (κ3) is 1.20. The summed E-state index contributed by atoms with van der Waals surface area (Å²) < 4.78 is 0. The van der Waals surface area contributed by atoms with Crippen molar-refractivity contribution in [3.05, 3.63) is 29.8 Å². The standard InChI is InChI=1S/C12H12N2O2/c15-7-8-3-1-2-4-11(8)14-9-5-10(12(14)16)13-6-9/h1-4,7,9-10,13H,5-6H2. The monoisotopic (exact) mass is 216 g/mol. The van der Waals surface area contributed by atoms with Crippen LogP contribution in [0.3, 0.4) is 0 Å². The Hall–Kier alpha value is -1.68. The average Bonchev–Trinajstić information content (AvgIpc) is 2.89. The molecule has 0 saturated carbocycles. The largest absolute Gasteiger partial charge is 0.306 e. The van der Waals surface area contributed by atoms with Gasteiger partial charge >= 0.3 is 0 Å². The zero-order valence-electron chi connectivity index (χ0n) is 8.72. The van der Waals surface area contributed by atoms with E-state index in [1.165, 1.54) is 0 Å². The molecule has 1 N–H and O–H groups in total. The van der Waals surface area contributed by atoms with Gasteiger partial charge in [-0.2, -0.15) is 0 Å². The maximum Gasteiger partial charge on any atom is 0.244 e. The summed E-state index contributed by atoms with van der Waals surface area (Å²) in [4.78, 5) is 24.7. The summed E-state index contributed by atoms with van der Waals surface area (Å²) >= 11 is 0. The van der Waals surface area contributed by atoms with E-state index in [0.717, 1.165) is 24.9 Å². The molecule has 0 aliphatic carbocycles. The lowest BCUT2D eigenvalue weighted by atomic mass is 10.1. The van der Waals surface area contributed by atoms with Crippen LogP contribution >= 0.6 is 0 Å². The maximum atomic E-state index is 12.0. The molecule has 1 amide bonds. The highest BCUT2D eigenvalue weighted by Crippen LogP contribution is 2.31. The molecule has 2 fully saturated rings. The molecule has 2 atom stereocenters. The van der Waals surface area contributed by atoms with Crippen LogP contribution in [0.1, 0.15) is 16.8 Å². The Kier molecular flexibility index (Phi) is 2.04. The summed E-state index contributed by atoms with van der Waals surface area (Å²) in [6, 6.07) is 7.40. The van der Waals surface area contributed by atoms with Crippen LogP contribution in [0.2, 0.25) is 0 Å². The summed E-state index contributed by atoms with van der Waals surface area (Å²) in [7, 11) is 0. The number of piperazine rings is 1. The van der Waals surface area contributed by atoms with Gasteiger partial charge in [-0.15, -0.1) is 0 Å². The van der Waals surface area contributed by atoms with Crippen molar-refractivity contribution in [3.63, 3.8) is 0 Å². The zero-order chi connectivity index (χ0) is 11.1. The number of para-hydroxylation sites is 1. The first-order valence-corrected chi connectivity index (χ1v) is 5.42. The van der Waals surface area contributed by atoms with Gasteiger partial charge in [-0.1, -0.05) is 12.1 Å². The maximum absolute atomic E-state index is 12.0. The van der Waals surface area contributed by atoms with Crippen molar-refractivity contribution in [2.45, 2.75) is 18.5 Å². The second-order valence-electron chi connectivity index (χ2n) is 4.24. The Morgan fingerprint density at radius 2 is 2.19 bits per heavy atom. The Balaban J connectivity index is 2.04. The Morgan fingerprint density at radius 3 is 2.88 bits per heavy atom. The molecular formula is C12H12N2O2. The molecule has 0 aromatic heterocycles. The van der Waals surface area contributed by atoms with Gasteiger partial charge in [-0.25, -0.2) is 0 Å². The van der Waals surface area contributed by atoms with Crippen molar-refractivity contribution in [2.75, 3.05) is 11.4 Å². The van der Waals surface area contributed by atoms with Crippen molar-refractivity contribution in [1.29, 1.82) is 0 Å². The normalized spacial score (nSPS) is 27.5. The molecule has 2 aliphatic rings. The molecule has 2 bridgehead atoms. The molecule has 16 heavy (non-hydrogen) atoms. The van der Waals surface area contributed by atoms with E-state index in [9.17, 15) is 9.59 Å². The number of anilines is 1. The molecule has 2 heterocycles. The quantitative estimate of drug-likeness (QED) is 0.735. The van der Waals surface area contributed by atoms with Crippen molar-refractivity contribution in [3.8, 4) is 0 Å². The fraction of sp³-hybridized carbons (Fsp3) is 0.333. The predicted molar refractivity (Wildman–Crippen MR) is 59.5 cm³/mol. The first-order valence-electron chi connectivity index (χ1n) is 5.42. The number of nitrogens with one attached hydrogen (secondary N) is 1. The number of carbonyl (C=O) groups excluding carboxylic acids is 2. The van der Waals surface area contributed by atoms with Crippen LogP contribution in [-0.2, 0) is 4.79 Å². The van der Waals surface area contributed by atoms with Crippen molar-refractivity contribution in [1.82, 2.24) is 5.32 Å². The number of carbonyl (C=O) groups is 2. The average molecular weight is 216 g/mol. The highest BCUT2D eigenvalue weighted by Gasteiger charge is 2.45. The van der Waals surface area contributed by atoms with Crippen LogP contribution in [0.25, 0.3) is 0 Å². The van der Waals surface area contributed by atoms with E-state index in [-0.39, 0.29) is 18.0 Å². The third-order valence-corrected chi connectivity index (χ3v) is 3.33. The van der Waals surface area contributed by atoms with Gasteiger partial charge < -0.3 is 10.2 Å². The lowest BCUT2D eigenvalue weighted by molar-refractivity contribution is -0.119. The highest BCUT2D eigenvalue weighted by molar-refractivity contribution is 6.04. The summed E-state index contributed by atoms with van der Waals surface area (Å²) in [6.45, 7) is 0.823. The molecule has 4 heteroatoms. The van der Waals surface area contributed by atoms with Gasteiger partial charge in [0.1, 0.15) is 0 Å². The number of fused-ring (bicyclic) bond motifs is 2. The molecule has 2 aliphatic heterocycles. The minimum atomic E-state index is -0.0512. The lowest BCUT2D eigenvalue weighted by Gasteiger charge is -2.28. The smallest absolute Gasteiger partial charge is 0.244 e. The molecule has 3 rings (SSSR count). The number of nitrogens with zero attached hydrogens (tertiary/aromatic N) is 1. The van der Waals surface area contributed by atoms with E-state index in [0.29, 0.717) is 5.56 Å². The SMILES string of the molecule is O=Cc1ccccc1N1C(=O)C2CC1CN2. The molecule has 0 spiro atoms. The fourth-order valence-corrected chi connectivity index (χ4v) is 2.57. The second-order valence-corrected chi connectivity index (χ2v) is 4.24. The molecule has 82 valence electrons. The summed E-state index contributed by atoms with van der Waals surface area (Å²) in [5, 5.41) is 3.16. The van der Waals surface area contributed by atoms with Crippen LogP contribution in [0.4, 0.5) is 5.69 Å². The second kappa shape index (κ2) is 3.42. The molecule has 4 nitrogen and oxygen atoms in total. The van der Waals surface area contributed by atoms with Gasteiger partial charge in [0.05, 0.1) is 17.8 Å². The van der Waals surface area contributed by atoms with E-state index in [4.69, 9.17) is 0 Å². The van der Waals surface area contributed by atoms with Crippen LogP contribution in [0.15, 0.2) is 24.3 Å². The number of rotatable bonds is 2. The van der Waals surface area contributed by atoms with Gasteiger partial charge in [0.2, 0.25) is 5.91 Å². The Bertz CT molecular complexity index is 458. The molecule has 0 radical (unpaired) electrons. The Morgan fingerprint density at radius 1 is 1.38 bits per heavy atom. The van der Waals surface area contributed by atoms with Gasteiger partial charge in [-0.3, -0.25) is 9.59 Å². The highest BCUT2D eigenvalue weighted by atomic mass is 16.2. The predicted octanol–water partition coefficient (Wildman–Crippen LogP) is 0.576. The van der Waals surface area contributed by atoms with Crippen LogP contribution < -0.4 is 10.2 Å². The van der Waals surface area contributed by atoms with Gasteiger partial charge in [-0.05, 0) is 18.6 Å². The van der Waals surface area contributed by atoms with Crippen LogP contribution in [-0.4, -0.2) is 30.8 Å². The van der Waals surface area contributed by atoms with Crippen molar-refractivity contribution in [2.24, 2.45) is 0 Å². The molecular weight excluding hydrogens is 204 g/mol. The number of amides is 1. The summed E-state index contributed by atoms with van der Waals surface area (Å²) in [6.07, 6.45) is 1.66. The zero-order valence-corrected chi connectivity index (χ0v) is 8.72. The lowest BCUT2D eigenvalue weighted by Crippen LogP contribution is -2.48. The van der Waals surface area contributed by atoms with Gasteiger partial charge in [0.15, 0.2) is 6.29 Å². The van der Waals surface area contributed by atoms with E-state index < -0.39 is 0 Å². The van der Waals surface area contributed by atoms with Crippen molar-refractivity contribution < 1.29 is 9.59 Å². The molecule has 2 unspecified atom stereocenters. The minimum Gasteiger partial charge on any atom is -0.306 e. The molecule has 1 aromatic carbocycles. The summed E-state index contributed by atoms with van der Waals surface area (Å²) in [5.41, 5.74) is 1.33. The third-order valence-electron chi connectivity index (χ3n) is 3.33. The number of benzene rings is 1. The van der Waals surface area contributed by atoms with E-state index in [1.807, 2.05) is 18.2 Å². The van der Waals surface area contributed by atoms with E-state index in [1.54, 1.807) is 11.0 Å². The number of aldehydes is 1. The topological polar surface area (TPSA) is 49.4 Å². The molecule has 1 aromatic rings. The molecule has 2 saturated heterocycles.